The molecule has 16 heavy (non-hydrogen) atoms. The van der Waals surface area contributed by atoms with Crippen molar-refractivity contribution in [2.45, 2.75) is 38.5 Å². The van der Waals surface area contributed by atoms with Gasteiger partial charge in [0.25, 0.3) is 0 Å². The van der Waals surface area contributed by atoms with Crippen LogP contribution in [0.3, 0.4) is 0 Å². The van der Waals surface area contributed by atoms with Crippen molar-refractivity contribution in [2.24, 2.45) is 16.8 Å². The van der Waals surface area contributed by atoms with E-state index in [1.807, 2.05) is 0 Å². The zero-order valence-electron chi connectivity index (χ0n) is 9.85. The first kappa shape index (κ1) is 12.8. The Morgan fingerprint density at radius 1 is 1.44 bits per heavy atom. The van der Waals surface area contributed by atoms with E-state index in [0.717, 1.165) is 6.54 Å². The average molecular weight is 227 g/mol. The number of hydrogen-bond donors (Lipinski definition) is 2. The molecule has 0 bridgehead atoms. The third-order valence-electron chi connectivity index (χ3n) is 3.14. The molecule has 1 amide bonds. The summed E-state index contributed by atoms with van der Waals surface area (Å²) in [4.78, 5) is 13.3. The van der Waals surface area contributed by atoms with Crippen molar-refractivity contribution in [3.8, 4) is 0 Å². The summed E-state index contributed by atoms with van der Waals surface area (Å²) in [6, 6.07) is 0. The van der Waals surface area contributed by atoms with Gasteiger partial charge in [0.2, 0.25) is 5.91 Å². The maximum atomic E-state index is 11.6. The van der Waals surface area contributed by atoms with Gasteiger partial charge in [-0.15, -0.1) is 0 Å². The van der Waals surface area contributed by atoms with Gasteiger partial charge < -0.3 is 15.8 Å². The fourth-order valence-corrected chi connectivity index (χ4v) is 2.18. The summed E-state index contributed by atoms with van der Waals surface area (Å²) in [5.41, 5.74) is 5.30. The number of carbonyl (C=O) groups excluding carboxylic acids is 1. The molecule has 0 aromatic carbocycles. The lowest BCUT2D eigenvalue weighted by Crippen LogP contribution is -2.35. The van der Waals surface area contributed by atoms with E-state index < -0.39 is 0 Å². The van der Waals surface area contributed by atoms with Crippen LogP contribution in [-0.2, 0) is 4.79 Å². The second-order valence-electron chi connectivity index (χ2n) is 4.55. The van der Waals surface area contributed by atoms with Crippen molar-refractivity contribution < 1.29 is 10.0 Å². The van der Waals surface area contributed by atoms with E-state index in [1.54, 1.807) is 11.9 Å². The van der Waals surface area contributed by atoms with E-state index in [0.29, 0.717) is 5.92 Å². The molecule has 0 aromatic heterocycles. The van der Waals surface area contributed by atoms with Crippen LogP contribution in [0.4, 0.5) is 0 Å². The van der Waals surface area contributed by atoms with Crippen molar-refractivity contribution in [3.05, 3.63) is 0 Å². The molecule has 0 saturated heterocycles. The number of rotatable bonds is 4. The molecule has 0 aromatic rings. The van der Waals surface area contributed by atoms with Gasteiger partial charge in [-0.2, -0.15) is 0 Å². The fourth-order valence-electron chi connectivity index (χ4n) is 2.18. The Balaban J connectivity index is 2.32. The zero-order valence-corrected chi connectivity index (χ0v) is 9.85. The largest absolute Gasteiger partial charge is 0.409 e. The van der Waals surface area contributed by atoms with Gasteiger partial charge in [-0.3, -0.25) is 4.79 Å². The number of amides is 1. The molecule has 1 fully saturated rings. The van der Waals surface area contributed by atoms with Gasteiger partial charge in [0.15, 0.2) is 0 Å². The number of amidine groups is 1. The van der Waals surface area contributed by atoms with Crippen molar-refractivity contribution in [1.82, 2.24) is 4.90 Å². The Bertz CT molecular complexity index is 260. The van der Waals surface area contributed by atoms with Crippen molar-refractivity contribution in [1.29, 1.82) is 0 Å². The average Bonchev–Trinajstić information content (AvgIpc) is 2.30. The van der Waals surface area contributed by atoms with Crippen molar-refractivity contribution in [2.75, 3.05) is 13.6 Å². The van der Waals surface area contributed by atoms with Crippen LogP contribution in [0, 0.1) is 5.92 Å². The van der Waals surface area contributed by atoms with Gasteiger partial charge in [0.05, 0.1) is 6.42 Å². The summed E-state index contributed by atoms with van der Waals surface area (Å²) in [6.45, 7) is 0.789. The van der Waals surface area contributed by atoms with Gasteiger partial charge in [-0.1, -0.05) is 24.4 Å². The molecule has 0 spiro atoms. The predicted molar refractivity (Wildman–Crippen MR) is 62.2 cm³/mol. The SMILES string of the molecule is CN(CC1CCCCC1)C(=O)CC(N)=NO. The molecule has 92 valence electrons. The number of hydrogen-bond acceptors (Lipinski definition) is 3. The number of carbonyl (C=O) groups is 1. The Morgan fingerprint density at radius 2 is 2.06 bits per heavy atom. The standard InChI is InChI=1S/C11H21N3O2/c1-14(11(15)7-10(12)13-16)8-9-5-3-2-4-6-9/h9,16H,2-8H2,1H3,(H2,12,13). The van der Waals surface area contributed by atoms with E-state index >= 15 is 0 Å². The minimum absolute atomic E-state index is 0.000278. The van der Waals surface area contributed by atoms with E-state index in [-0.39, 0.29) is 18.2 Å². The third-order valence-corrected chi connectivity index (χ3v) is 3.14. The summed E-state index contributed by atoms with van der Waals surface area (Å²) in [5, 5.41) is 11.2. The highest BCUT2D eigenvalue weighted by atomic mass is 16.4. The molecule has 0 unspecified atom stereocenters. The monoisotopic (exact) mass is 227 g/mol. The first-order valence-corrected chi connectivity index (χ1v) is 5.84. The van der Waals surface area contributed by atoms with Crippen LogP contribution in [0.15, 0.2) is 5.16 Å². The molecule has 1 saturated carbocycles. The second kappa shape index (κ2) is 6.35. The number of oxime groups is 1. The second-order valence-corrected chi connectivity index (χ2v) is 4.55. The van der Waals surface area contributed by atoms with Crippen LogP contribution >= 0.6 is 0 Å². The van der Waals surface area contributed by atoms with Gasteiger partial charge >= 0.3 is 0 Å². The number of nitrogens with two attached hydrogens (primary N) is 1. The lowest BCUT2D eigenvalue weighted by atomic mass is 9.89. The molecule has 0 radical (unpaired) electrons. The molecular formula is C11H21N3O2. The van der Waals surface area contributed by atoms with Gasteiger partial charge in [0, 0.05) is 13.6 Å². The summed E-state index contributed by atoms with van der Waals surface area (Å²) in [5.74, 6) is 0.511. The van der Waals surface area contributed by atoms with Crippen molar-refractivity contribution >= 4 is 11.7 Å². The molecule has 5 nitrogen and oxygen atoms in total. The van der Waals surface area contributed by atoms with Gasteiger partial charge in [-0.05, 0) is 18.8 Å². The van der Waals surface area contributed by atoms with Crippen LogP contribution in [0.1, 0.15) is 38.5 Å². The topological polar surface area (TPSA) is 78.9 Å². The third kappa shape index (κ3) is 4.08. The molecule has 0 aliphatic heterocycles. The van der Waals surface area contributed by atoms with Gasteiger partial charge in [-0.25, -0.2) is 0 Å². The number of nitrogens with zero attached hydrogens (tertiary/aromatic N) is 2. The van der Waals surface area contributed by atoms with Crippen LogP contribution in [-0.4, -0.2) is 35.4 Å². The zero-order chi connectivity index (χ0) is 12.0. The molecule has 0 atom stereocenters. The minimum Gasteiger partial charge on any atom is -0.409 e. The van der Waals surface area contributed by atoms with Crippen LogP contribution < -0.4 is 5.73 Å². The Labute approximate surface area is 96.3 Å². The normalized spacial score (nSPS) is 18.4. The molecule has 3 N–H and O–H groups in total. The van der Waals surface area contributed by atoms with Crippen LogP contribution in [0.25, 0.3) is 0 Å². The highest BCUT2D eigenvalue weighted by molar-refractivity contribution is 5.98. The maximum absolute atomic E-state index is 11.6. The summed E-state index contributed by atoms with van der Waals surface area (Å²) in [6.07, 6.45) is 6.28. The summed E-state index contributed by atoms with van der Waals surface area (Å²) in [7, 11) is 1.78. The molecule has 0 heterocycles. The minimum atomic E-state index is -0.0825. The molecule has 5 heteroatoms. The van der Waals surface area contributed by atoms with Gasteiger partial charge in [0.1, 0.15) is 5.84 Å². The first-order chi connectivity index (χ1) is 7.63. The van der Waals surface area contributed by atoms with E-state index in [2.05, 4.69) is 5.16 Å². The summed E-state index contributed by atoms with van der Waals surface area (Å²) >= 11 is 0. The highest BCUT2D eigenvalue weighted by Crippen LogP contribution is 2.24. The Kier molecular flexibility index (Phi) is 5.08. The van der Waals surface area contributed by atoms with Crippen LogP contribution in [0.5, 0.6) is 0 Å². The molecule has 1 aliphatic rings. The Hall–Kier alpha value is -1.26. The smallest absolute Gasteiger partial charge is 0.230 e. The maximum Gasteiger partial charge on any atom is 0.230 e. The lowest BCUT2D eigenvalue weighted by Gasteiger charge is -2.27. The van der Waals surface area contributed by atoms with E-state index in [9.17, 15) is 4.79 Å². The molecule has 1 aliphatic carbocycles. The van der Waals surface area contributed by atoms with Crippen molar-refractivity contribution in [3.63, 3.8) is 0 Å². The summed E-state index contributed by atoms with van der Waals surface area (Å²) < 4.78 is 0. The highest BCUT2D eigenvalue weighted by Gasteiger charge is 2.18. The fraction of sp³-hybridized carbons (Fsp3) is 0.818. The van der Waals surface area contributed by atoms with Crippen LogP contribution in [0.2, 0.25) is 0 Å². The first-order valence-electron chi connectivity index (χ1n) is 5.84. The van der Waals surface area contributed by atoms with E-state index in [1.165, 1.54) is 32.1 Å². The molecular weight excluding hydrogens is 206 g/mol. The Morgan fingerprint density at radius 3 is 2.62 bits per heavy atom. The van der Waals surface area contributed by atoms with E-state index in [4.69, 9.17) is 10.9 Å². The molecule has 1 rings (SSSR count). The predicted octanol–water partition coefficient (Wildman–Crippen LogP) is 1.16. The quantitative estimate of drug-likeness (QED) is 0.327. The lowest BCUT2D eigenvalue weighted by molar-refractivity contribution is -0.129.